The van der Waals surface area contributed by atoms with E-state index in [1.54, 1.807) is 18.2 Å². The van der Waals surface area contributed by atoms with Gasteiger partial charge in [-0.2, -0.15) is 0 Å². The molecule has 1 unspecified atom stereocenters. The second-order valence-electron chi connectivity index (χ2n) is 7.06. The van der Waals surface area contributed by atoms with Gasteiger partial charge in [-0.3, -0.25) is 4.79 Å². The molecular formula is C22H21NO4. The van der Waals surface area contributed by atoms with E-state index < -0.39 is 0 Å². The number of benzene rings is 2. The molecule has 0 radical (unpaired) electrons. The minimum absolute atomic E-state index is 0.124. The molecule has 4 rings (SSSR count). The van der Waals surface area contributed by atoms with E-state index in [0.29, 0.717) is 23.4 Å². The highest BCUT2D eigenvalue weighted by Gasteiger charge is 2.32. The molecular weight excluding hydrogens is 342 g/mol. The Kier molecular flexibility index (Phi) is 4.24. The van der Waals surface area contributed by atoms with E-state index in [9.17, 15) is 9.90 Å². The number of ketones is 1. The molecule has 0 spiro atoms. The van der Waals surface area contributed by atoms with Crippen LogP contribution in [0, 0.1) is 0 Å². The highest BCUT2D eigenvalue weighted by molar-refractivity contribution is 6.13. The van der Waals surface area contributed by atoms with Crippen LogP contribution in [0.15, 0.2) is 53.8 Å². The van der Waals surface area contributed by atoms with Crippen LogP contribution in [0.3, 0.4) is 0 Å². The van der Waals surface area contributed by atoms with Gasteiger partial charge in [-0.1, -0.05) is 18.2 Å². The third kappa shape index (κ3) is 3.11. The summed E-state index contributed by atoms with van der Waals surface area (Å²) in [4.78, 5) is 14.7. The second kappa shape index (κ2) is 6.59. The first kappa shape index (κ1) is 17.4. The number of carbonyl (C=O) groups is 1. The van der Waals surface area contributed by atoms with Crippen molar-refractivity contribution in [3.8, 4) is 17.2 Å². The topological polar surface area (TPSA) is 59.0 Å². The standard InChI is InChI=1S/C22H21NO4/c1-13-15(10-14-6-4-5-7-19(14)26-13)11-20-21(25)16-8-9-18(24)17(12-23(2)3)22(16)27-20/h4-11,13,24H,12H2,1-3H3. The molecule has 0 aliphatic carbocycles. The number of rotatable bonds is 3. The molecule has 2 aromatic rings. The lowest BCUT2D eigenvalue weighted by Gasteiger charge is -2.22. The third-order valence-corrected chi connectivity index (χ3v) is 4.70. The number of phenolic OH excluding ortho intramolecular Hbond substituents is 1. The molecule has 0 saturated heterocycles. The van der Waals surface area contributed by atoms with E-state index >= 15 is 0 Å². The molecule has 0 bridgehead atoms. The van der Waals surface area contributed by atoms with E-state index in [1.165, 1.54) is 0 Å². The highest BCUT2D eigenvalue weighted by Crippen LogP contribution is 2.40. The molecule has 138 valence electrons. The Balaban J connectivity index is 1.72. The molecule has 2 heterocycles. The average Bonchev–Trinajstić information content (AvgIpc) is 2.94. The molecule has 5 heteroatoms. The first-order chi connectivity index (χ1) is 12.9. The molecule has 2 aliphatic rings. The van der Waals surface area contributed by atoms with Gasteiger partial charge in [0.05, 0.1) is 11.1 Å². The van der Waals surface area contributed by atoms with Gasteiger partial charge in [0.15, 0.2) is 5.76 Å². The monoisotopic (exact) mass is 363 g/mol. The minimum atomic E-state index is -0.192. The lowest BCUT2D eigenvalue weighted by molar-refractivity contribution is 0.101. The van der Waals surface area contributed by atoms with Crippen LogP contribution < -0.4 is 9.47 Å². The van der Waals surface area contributed by atoms with E-state index in [-0.39, 0.29) is 23.4 Å². The quantitative estimate of drug-likeness (QED) is 0.841. The molecule has 0 saturated carbocycles. The fraction of sp³-hybridized carbons (Fsp3) is 0.227. The first-order valence-corrected chi connectivity index (χ1v) is 8.85. The Morgan fingerprint density at radius 3 is 2.74 bits per heavy atom. The molecule has 0 fully saturated rings. The summed E-state index contributed by atoms with van der Waals surface area (Å²) in [5.41, 5.74) is 2.92. The van der Waals surface area contributed by atoms with Gasteiger partial charge >= 0.3 is 0 Å². The van der Waals surface area contributed by atoms with Gasteiger partial charge in [0.2, 0.25) is 5.78 Å². The molecule has 0 amide bonds. The van der Waals surface area contributed by atoms with Gasteiger partial charge < -0.3 is 19.5 Å². The van der Waals surface area contributed by atoms with Crippen molar-refractivity contribution in [2.45, 2.75) is 19.6 Å². The number of aromatic hydroxyl groups is 1. The Morgan fingerprint density at radius 2 is 1.96 bits per heavy atom. The number of phenols is 1. The lowest BCUT2D eigenvalue weighted by Crippen LogP contribution is -2.18. The van der Waals surface area contributed by atoms with Crippen molar-refractivity contribution in [3.05, 3.63) is 70.5 Å². The molecule has 0 aromatic heterocycles. The predicted octanol–water partition coefficient (Wildman–Crippen LogP) is 3.78. The Labute approximate surface area is 158 Å². The van der Waals surface area contributed by atoms with E-state index in [1.807, 2.05) is 56.3 Å². The number of allylic oxidation sites excluding steroid dienone is 1. The largest absolute Gasteiger partial charge is 0.507 e. The SMILES string of the molecule is CC1Oc2ccccc2C=C1C=C1Oc2c(ccc(O)c2CN(C)C)C1=O. The highest BCUT2D eigenvalue weighted by atomic mass is 16.5. The number of nitrogens with zero attached hydrogens (tertiary/aromatic N) is 1. The summed E-state index contributed by atoms with van der Waals surface area (Å²) in [6.45, 7) is 2.42. The summed E-state index contributed by atoms with van der Waals surface area (Å²) < 4.78 is 11.8. The number of hydrogen-bond acceptors (Lipinski definition) is 5. The molecule has 5 nitrogen and oxygen atoms in total. The van der Waals surface area contributed by atoms with Gasteiger partial charge in [0.1, 0.15) is 23.4 Å². The van der Waals surface area contributed by atoms with Crippen molar-refractivity contribution in [1.29, 1.82) is 0 Å². The van der Waals surface area contributed by atoms with Gasteiger partial charge in [0.25, 0.3) is 0 Å². The van der Waals surface area contributed by atoms with Crippen LogP contribution in [-0.4, -0.2) is 36.0 Å². The van der Waals surface area contributed by atoms with Crippen LogP contribution in [0.25, 0.3) is 6.08 Å². The van der Waals surface area contributed by atoms with Crippen molar-refractivity contribution >= 4 is 11.9 Å². The maximum atomic E-state index is 12.8. The van der Waals surface area contributed by atoms with Crippen LogP contribution >= 0.6 is 0 Å². The summed E-state index contributed by atoms with van der Waals surface area (Å²) in [6, 6.07) is 10.9. The average molecular weight is 363 g/mol. The Hall–Kier alpha value is -3.05. The summed E-state index contributed by atoms with van der Waals surface area (Å²) in [5.74, 6) is 1.45. The zero-order valence-electron chi connectivity index (χ0n) is 15.5. The van der Waals surface area contributed by atoms with Crippen LogP contribution in [0.2, 0.25) is 0 Å². The summed E-state index contributed by atoms with van der Waals surface area (Å²) >= 11 is 0. The van der Waals surface area contributed by atoms with Gasteiger partial charge in [-0.05, 0) is 56.9 Å². The lowest BCUT2D eigenvalue weighted by atomic mass is 10.0. The minimum Gasteiger partial charge on any atom is -0.507 e. The normalized spacial score (nSPS) is 19.4. The van der Waals surface area contributed by atoms with Crippen LogP contribution in [0.4, 0.5) is 0 Å². The van der Waals surface area contributed by atoms with Crippen molar-refractivity contribution < 1.29 is 19.4 Å². The van der Waals surface area contributed by atoms with Crippen molar-refractivity contribution in [3.63, 3.8) is 0 Å². The number of hydrogen-bond donors (Lipinski definition) is 1. The first-order valence-electron chi connectivity index (χ1n) is 8.85. The smallest absolute Gasteiger partial charge is 0.231 e. The van der Waals surface area contributed by atoms with Crippen LogP contribution in [-0.2, 0) is 6.54 Å². The maximum absolute atomic E-state index is 12.8. The van der Waals surface area contributed by atoms with E-state index in [0.717, 1.165) is 16.9 Å². The predicted molar refractivity (Wildman–Crippen MR) is 103 cm³/mol. The van der Waals surface area contributed by atoms with Gasteiger partial charge in [-0.25, -0.2) is 0 Å². The summed E-state index contributed by atoms with van der Waals surface area (Å²) in [5, 5.41) is 10.2. The Bertz CT molecular complexity index is 988. The van der Waals surface area contributed by atoms with Crippen molar-refractivity contribution in [1.82, 2.24) is 4.90 Å². The Morgan fingerprint density at radius 1 is 1.19 bits per heavy atom. The number of Topliss-reactive ketones (excluding diaryl/α,β-unsaturated/α-hetero) is 1. The van der Waals surface area contributed by atoms with Crippen LogP contribution in [0.1, 0.15) is 28.4 Å². The number of para-hydroxylation sites is 1. The molecule has 1 atom stereocenters. The molecule has 2 aliphatic heterocycles. The van der Waals surface area contributed by atoms with Gasteiger partial charge in [-0.15, -0.1) is 0 Å². The van der Waals surface area contributed by atoms with Crippen molar-refractivity contribution in [2.75, 3.05) is 14.1 Å². The summed E-state index contributed by atoms with van der Waals surface area (Å²) in [6.07, 6.45) is 3.55. The van der Waals surface area contributed by atoms with Gasteiger partial charge in [0, 0.05) is 12.1 Å². The zero-order chi connectivity index (χ0) is 19.1. The molecule has 1 N–H and O–H groups in total. The zero-order valence-corrected chi connectivity index (χ0v) is 15.5. The number of ether oxygens (including phenoxy) is 2. The fourth-order valence-electron chi connectivity index (χ4n) is 3.34. The second-order valence-corrected chi connectivity index (χ2v) is 7.06. The van der Waals surface area contributed by atoms with Crippen LogP contribution in [0.5, 0.6) is 17.2 Å². The molecule has 27 heavy (non-hydrogen) atoms. The number of carbonyl (C=O) groups excluding carboxylic acids is 1. The molecule has 2 aromatic carbocycles. The van der Waals surface area contributed by atoms with Crippen molar-refractivity contribution in [2.24, 2.45) is 0 Å². The maximum Gasteiger partial charge on any atom is 0.231 e. The fourth-order valence-corrected chi connectivity index (χ4v) is 3.34. The van der Waals surface area contributed by atoms with E-state index in [4.69, 9.17) is 9.47 Å². The summed E-state index contributed by atoms with van der Waals surface area (Å²) in [7, 11) is 3.80. The third-order valence-electron chi connectivity index (χ3n) is 4.70. The van der Waals surface area contributed by atoms with E-state index in [2.05, 4.69) is 0 Å². The number of fused-ring (bicyclic) bond motifs is 2.